The summed E-state index contributed by atoms with van der Waals surface area (Å²) in [6.45, 7) is 11.0. The molecule has 0 bridgehead atoms. The van der Waals surface area contributed by atoms with E-state index in [1.807, 2.05) is 0 Å². The van der Waals surface area contributed by atoms with Crippen molar-refractivity contribution in [1.82, 2.24) is 5.32 Å². The second-order valence-corrected chi connectivity index (χ2v) is 5.65. The molecular weight excluding hydrogens is 210 g/mol. The van der Waals surface area contributed by atoms with Crippen LogP contribution in [0.4, 0.5) is 0 Å². The van der Waals surface area contributed by atoms with Gasteiger partial charge in [0.05, 0.1) is 11.7 Å². The molecule has 0 spiro atoms. The van der Waals surface area contributed by atoms with Crippen LogP contribution in [0.3, 0.4) is 0 Å². The Hall–Kier alpha value is -0.0800. The highest BCUT2D eigenvalue weighted by molar-refractivity contribution is 4.89. The summed E-state index contributed by atoms with van der Waals surface area (Å²) in [6.07, 6.45) is 8.01. The van der Waals surface area contributed by atoms with E-state index in [2.05, 4.69) is 33.0 Å². The SMILES string of the molecule is CCNCC1(OC(C)CC)CCC(CC)CC1. The Morgan fingerprint density at radius 1 is 1.24 bits per heavy atom. The molecule has 1 rings (SSSR count). The molecule has 1 aliphatic rings. The van der Waals surface area contributed by atoms with E-state index in [4.69, 9.17) is 4.74 Å². The van der Waals surface area contributed by atoms with Gasteiger partial charge in [-0.25, -0.2) is 0 Å². The summed E-state index contributed by atoms with van der Waals surface area (Å²) in [7, 11) is 0. The lowest BCUT2D eigenvalue weighted by Crippen LogP contribution is -2.47. The van der Waals surface area contributed by atoms with E-state index in [1.165, 1.54) is 32.1 Å². The van der Waals surface area contributed by atoms with Crippen molar-refractivity contribution >= 4 is 0 Å². The smallest absolute Gasteiger partial charge is 0.0810 e. The lowest BCUT2D eigenvalue weighted by atomic mass is 9.77. The number of rotatable bonds is 7. The minimum absolute atomic E-state index is 0.122. The van der Waals surface area contributed by atoms with Gasteiger partial charge in [-0.1, -0.05) is 27.2 Å². The molecule has 0 aromatic carbocycles. The topological polar surface area (TPSA) is 21.3 Å². The van der Waals surface area contributed by atoms with Crippen molar-refractivity contribution in [1.29, 1.82) is 0 Å². The van der Waals surface area contributed by atoms with E-state index >= 15 is 0 Å². The third kappa shape index (κ3) is 4.59. The Balaban J connectivity index is 2.54. The van der Waals surface area contributed by atoms with Crippen molar-refractivity contribution in [3.63, 3.8) is 0 Å². The van der Waals surface area contributed by atoms with Crippen molar-refractivity contribution in [3.8, 4) is 0 Å². The monoisotopic (exact) mass is 241 g/mol. The van der Waals surface area contributed by atoms with Gasteiger partial charge in [-0.3, -0.25) is 0 Å². The zero-order valence-corrected chi connectivity index (χ0v) is 12.2. The zero-order valence-electron chi connectivity index (χ0n) is 12.2. The molecule has 2 heteroatoms. The van der Waals surface area contributed by atoms with E-state index in [0.29, 0.717) is 6.10 Å². The van der Waals surface area contributed by atoms with E-state index in [9.17, 15) is 0 Å². The summed E-state index contributed by atoms with van der Waals surface area (Å²) in [4.78, 5) is 0. The van der Waals surface area contributed by atoms with Crippen molar-refractivity contribution in [3.05, 3.63) is 0 Å². The minimum Gasteiger partial charge on any atom is -0.371 e. The average Bonchev–Trinajstić information content (AvgIpc) is 2.37. The predicted molar refractivity (Wildman–Crippen MR) is 74.4 cm³/mol. The van der Waals surface area contributed by atoms with Crippen LogP contribution < -0.4 is 5.32 Å². The fraction of sp³-hybridized carbons (Fsp3) is 1.00. The van der Waals surface area contributed by atoms with Gasteiger partial charge in [0.25, 0.3) is 0 Å². The van der Waals surface area contributed by atoms with Crippen LogP contribution in [0, 0.1) is 5.92 Å². The maximum Gasteiger partial charge on any atom is 0.0810 e. The first-order valence-corrected chi connectivity index (χ1v) is 7.54. The van der Waals surface area contributed by atoms with Crippen LogP contribution in [0.5, 0.6) is 0 Å². The predicted octanol–water partition coefficient (Wildman–Crippen LogP) is 3.75. The first-order chi connectivity index (χ1) is 8.15. The van der Waals surface area contributed by atoms with Gasteiger partial charge in [0.2, 0.25) is 0 Å². The van der Waals surface area contributed by atoms with E-state index < -0.39 is 0 Å². The molecule has 1 unspecified atom stereocenters. The Labute approximate surface area is 108 Å². The number of hydrogen-bond acceptors (Lipinski definition) is 2. The molecule has 1 fully saturated rings. The Morgan fingerprint density at radius 2 is 1.88 bits per heavy atom. The molecule has 0 saturated heterocycles. The highest BCUT2D eigenvalue weighted by Crippen LogP contribution is 2.37. The van der Waals surface area contributed by atoms with Gasteiger partial charge in [0, 0.05) is 6.54 Å². The van der Waals surface area contributed by atoms with Gasteiger partial charge in [-0.05, 0) is 51.5 Å². The van der Waals surface area contributed by atoms with Gasteiger partial charge < -0.3 is 10.1 Å². The molecule has 17 heavy (non-hydrogen) atoms. The fourth-order valence-corrected chi connectivity index (χ4v) is 2.81. The van der Waals surface area contributed by atoms with Crippen molar-refractivity contribution in [2.75, 3.05) is 13.1 Å². The number of likely N-dealkylation sites (N-methyl/N-ethyl adjacent to an activating group) is 1. The van der Waals surface area contributed by atoms with Crippen molar-refractivity contribution in [2.24, 2.45) is 5.92 Å². The molecule has 0 aromatic heterocycles. The van der Waals surface area contributed by atoms with E-state index in [1.54, 1.807) is 0 Å². The van der Waals surface area contributed by atoms with Crippen LogP contribution >= 0.6 is 0 Å². The standard InChI is InChI=1S/C15H31NO/c1-5-13(4)17-15(12-16-7-3)10-8-14(6-2)9-11-15/h13-14,16H,5-12H2,1-4H3. The average molecular weight is 241 g/mol. The molecule has 102 valence electrons. The zero-order chi connectivity index (χ0) is 12.7. The number of ether oxygens (including phenoxy) is 1. The largest absolute Gasteiger partial charge is 0.371 e. The number of nitrogens with one attached hydrogen (secondary N) is 1. The highest BCUT2D eigenvalue weighted by atomic mass is 16.5. The van der Waals surface area contributed by atoms with Crippen molar-refractivity contribution < 1.29 is 4.74 Å². The lowest BCUT2D eigenvalue weighted by Gasteiger charge is -2.42. The Bertz CT molecular complexity index is 197. The van der Waals surface area contributed by atoms with Crippen LogP contribution in [0.2, 0.25) is 0 Å². The summed E-state index contributed by atoms with van der Waals surface area (Å²) in [5.74, 6) is 0.935. The van der Waals surface area contributed by atoms with Gasteiger partial charge in [-0.2, -0.15) is 0 Å². The summed E-state index contributed by atoms with van der Waals surface area (Å²) in [6, 6.07) is 0. The van der Waals surface area contributed by atoms with Crippen LogP contribution in [0.25, 0.3) is 0 Å². The van der Waals surface area contributed by atoms with Crippen LogP contribution in [-0.4, -0.2) is 24.8 Å². The molecule has 1 saturated carbocycles. The summed E-state index contributed by atoms with van der Waals surface area (Å²) < 4.78 is 6.36. The van der Waals surface area contributed by atoms with Crippen LogP contribution in [0.15, 0.2) is 0 Å². The molecule has 2 nitrogen and oxygen atoms in total. The second-order valence-electron chi connectivity index (χ2n) is 5.65. The maximum atomic E-state index is 6.36. The Morgan fingerprint density at radius 3 is 2.35 bits per heavy atom. The molecule has 1 atom stereocenters. The van der Waals surface area contributed by atoms with Gasteiger partial charge >= 0.3 is 0 Å². The molecule has 0 heterocycles. The fourth-order valence-electron chi connectivity index (χ4n) is 2.81. The van der Waals surface area contributed by atoms with Crippen LogP contribution in [0.1, 0.15) is 66.2 Å². The molecule has 0 amide bonds. The second kappa shape index (κ2) is 7.38. The molecule has 0 aromatic rings. The normalized spacial score (nSPS) is 31.4. The molecular formula is C15H31NO. The molecule has 0 radical (unpaired) electrons. The van der Waals surface area contributed by atoms with Gasteiger partial charge in [0.15, 0.2) is 0 Å². The first-order valence-electron chi connectivity index (χ1n) is 7.54. The highest BCUT2D eigenvalue weighted by Gasteiger charge is 2.36. The van der Waals surface area contributed by atoms with Crippen molar-refractivity contribution in [2.45, 2.75) is 77.9 Å². The molecule has 0 aliphatic heterocycles. The first kappa shape index (κ1) is 15.0. The summed E-state index contributed by atoms with van der Waals surface area (Å²) in [5.41, 5.74) is 0.122. The van der Waals surface area contributed by atoms with E-state index in [-0.39, 0.29) is 5.60 Å². The molecule has 1 aliphatic carbocycles. The minimum atomic E-state index is 0.122. The quantitative estimate of drug-likeness (QED) is 0.733. The maximum absolute atomic E-state index is 6.36. The number of hydrogen-bond donors (Lipinski definition) is 1. The third-order valence-corrected chi connectivity index (χ3v) is 4.32. The summed E-state index contributed by atoms with van der Waals surface area (Å²) in [5, 5.41) is 3.50. The third-order valence-electron chi connectivity index (χ3n) is 4.32. The van der Waals surface area contributed by atoms with Gasteiger partial charge in [-0.15, -0.1) is 0 Å². The lowest BCUT2D eigenvalue weighted by molar-refractivity contribution is -0.112. The summed E-state index contributed by atoms with van der Waals surface area (Å²) >= 11 is 0. The van der Waals surface area contributed by atoms with Crippen LogP contribution in [-0.2, 0) is 4.74 Å². The molecule has 1 N–H and O–H groups in total. The van der Waals surface area contributed by atoms with Gasteiger partial charge in [0.1, 0.15) is 0 Å². The Kier molecular flexibility index (Phi) is 6.50. The van der Waals surface area contributed by atoms with E-state index in [0.717, 1.165) is 25.4 Å².